The molecule has 1 aromatic carbocycles. The van der Waals surface area contributed by atoms with Gasteiger partial charge in [0.25, 0.3) is 0 Å². The molecule has 1 rings (SSSR count). The summed E-state index contributed by atoms with van der Waals surface area (Å²) in [5, 5.41) is 2.11. The minimum Gasteiger partial charge on any atom is -0.399 e. The number of anilines is 2. The van der Waals surface area contributed by atoms with Crippen LogP contribution >= 0.6 is 0 Å². The number of carbonyl (C=O) groups is 1. The summed E-state index contributed by atoms with van der Waals surface area (Å²) in [6.45, 7) is -0.318. The topological polar surface area (TPSA) is 64.3 Å². The third kappa shape index (κ3) is 3.63. The van der Waals surface area contributed by atoms with Crippen molar-refractivity contribution in [3.63, 3.8) is 0 Å². The van der Waals surface area contributed by atoms with Gasteiger partial charge < -0.3 is 15.8 Å². The predicted octanol–water partition coefficient (Wildman–Crippen LogP) is 1.87. The molecule has 94 valence electrons. The van der Waals surface area contributed by atoms with Gasteiger partial charge in [0.1, 0.15) is 6.61 Å². The lowest BCUT2D eigenvalue weighted by molar-refractivity contribution is -0.137. The van der Waals surface area contributed by atoms with Crippen molar-refractivity contribution < 1.29 is 22.7 Å². The second-order valence-electron chi connectivity index (χ2n) is 3.28. The van der Waals surface area contributed by atoms with Crippen LogP contribution in [0.4, 0.5) is 24.5 Å². The van der Waals surface area contributed by atoms with Crippen molar-refractivity contribution in [2.24, 2.45) is 0 Å². The summed E-state index contributed by atoms with van der Waals surface area (Å²) in [6.07, 6.45) is -4.58. The minimum atomic E-state index is -4.58. The van der Waals surface area contributed by atoms with Gasteiger partial charge in [-0.15, -0.1) is 0 Å². The number of rotatable bonds is 3. The maximum atomic E-state index is 12.6. The van der Waals surface area contributed by atoms with Crippen molar-refractivity contribution in [2.45, 2.75) is 6.18 Å². The standard InChI is InChI=1S/C10H11F3N2O2/c1-17-5-9(16)15-8-3-2-6(14)4-7(8)10(11,12)13/h2-4H,5,14H2,1H3,(H,15,16). The molecule has 17 heavy (non-hydrogen) atoms. The first-order valence-electron chi connectivity index (χ1n) is 4.60. The number of nitrogen functional groups attached to an aromatic ring is 1. The van der Waals surface area contributed by atoms with Crippen LogP contribution in [0.15, 0.2) is 18.2 Å². The number of hydrogen-bond donors (Lipinski definition) is 2. The average molecular weight is 248 g/mol. The van der Waals surface area contributed by atoms with Gasteiger partial charge in [-0.2, -0.15) is 13.2 Å². The van der Waals surface area contributed by atoms with E-state index >= 15 is 0 Å². The van der Waals surface area contributed by atoms with Crippen LogP contribution in [0.3, 0.4) is 0 Å². The van der Waals surface area contributed by atoms with Crippen LogP contribution in [0.25, 0.3) is 0 Å². The lowest BCUT2D eigenvalue weighted by Crippen LogP contribution is -2.20. The Morgan fingerprint density at radius 3 is 2.65 bits per heavy atom. The van der Waals surface area contributed by atoms with E-state index in [0.29, 0.717) is 0 Å². The summed E-state index contributed by atoms with van der Waals surface area (Å²) in [7, 11) is 1.27. The van der Waals surface area contributed by atoms with Crippen LogP contribution in [0, 0.1) is 0 Å². The van der Waals surface area contributed by atoms with Crippen LogP contribution in [0.2, 0.25) is 0 Å². The maximum Gasteiger partial charge on any atom is 0.418 e. The van der Waals surface area contributed by atoms with E-state index in [0.717, 1.165) is 12.1 Å². The molecule has 0 atom stereocenters. The zero-order chi connectivity index (χ0) is 13.1. The maximum absolute atomic E-state index is 12.6. The number of carbonyl (C=O) groups excluding carboxylic acids is 1. The Labute approximate surface area is 95.6 Å². The molecular formula is C10H11F3N2O2. The highest BCUT2D eigenvalue weighted by Crippen LogP contribution is 2.35. The number of methoxy groups -OCH3 is 1. The predicted molar refractivity (Wildman–Crippen MR) is 56.4 cm³/mol. The number of alkyl halides is 3. The van der Waals surface area contributed by atoms with E-state index in [4.69, 9.17) is 5.73 Å². The van der Waals surface area contributed by atoms with E-state index in [2.05, 4.69) is 10.1 Å². The van der Waals surface area contributed by atoms with Crippen molar-refractivity contribution in [3.8, 4) is 0 Å². The van der Waals surface area contributed by atoms with E-state index in [-0.39, 0.29) is 18.0 Å². The molecule has 0 unspecified atom stereocenters. The number of hydrogen-bond acceptors (Lipinski definition) is 3. The first kappa shape index (κ1) is 13.3. The normalized spacial score (nSPS) is 11.3. The number of ether oxygens (including phenoxy) is 1. The highest BCUT2D eigenvalue weighted by atomic mass is 19.4. The fourth-order valence-electron chi connectivity index (χ4n) is 1.22. The summed E-state index contributed by atoms with van der Waals surface area (Å²) in [6, 6.07) is 3.14. The molecule has 0 aliphatic carbocycles. The van der Waals surface area contributed by atoms with Gasteiger partial charge in [-0.05, 0) is 18.2 Å². The number of halogens is 3. The first-order chi connectivity index (χ1) is 7.84. The summed E-state index contributed by atoms with van der Waals surface area (Å²) in [5.41, 5.74) is 3.93. The molecular weight excluding hydrogens is 237 g/mol. The van der Waals surface area contributed by atoms with E-state index in [9.17, 15) is 18.0 Å². The van der Waals surface area contributed by atoms with Crippen molar-refractivity contribution >= 4 is 17.3 Å². The number of benzene rings is 1. The smallest absolute Gasteiger partial charge is 0.399 e. The van der Waals surface area contributed by atoms with Crippen LogP contribution in [-0.4, -0.2) is 19.6 Å². The van der Waals surface area contributed by atoms with Crippen LogP contribution in [0.1, 0.15) is 5.56 Å². The Hall–Kier alpha value is -1.76. The van der Waals surface area contributed by atoms with E-state index in [1.807, 2.05) is 0 Å². The van der Waals surface area contributed by atoms with Gasteiger partial charge in [0.2, 0.25) is 5.91 Å². The molecule has 0 aliphatic rings. The third-order valence-corrected chi connectivity index (χ3v) is 1.90. The zero-order valence-electron chi connectivity index (χ0n) is 8.97. The number of nitrogens with one attached hydrogen (secondary N) is 1. The Bertz CT molecular complexity index is 419. The monoisotopic (exact) mass is 248 g/mol. The van der Waals surface area contributed by atoms with Crippen molar-refractivity contribution in [1.82, 2.24) is 0 Å². The zero-order valence-corrected chi connectivity index (χ0v) is 8.97. The molecule has 1 amide bonds. The number of amides is 1. The van der Waals surface area contributed by atoms with Crippen molar-refractivity contribution in [1.29, 1.82) is 0 Å². The summed E-state index contributed by atoms with van der Waals surface area (Å²) >= 11 is 0. The molecule has 0 aromatic heterocycles. The van der Waals surface area contributed by atoms with Crippen LogP contribution in [0.5, 0.6) is 0 Å². The molecule has 0 radical (unpaired) electrons. The third-order valence-electron chi connectivity index (χ3n) is 1.90. The fraction of sp³-hybridized carbons (Fsp3) is 0.300. The fourth-order valence-corrected chi connectivity index (χ4v) is 1.22. The SMILES string of the molecule is COCC(=O)Nc1ccc(N)cc1C(F)(F)F. The summed E-state index contributed by atoms with van der Waals surface area (Å²) in [4.78, 5) is 11.1. The molecule has 1 aromatic rings. The quantitative estimate of drug-likeness (QED) is 0.802. The molecule has 4 nitrogen and oxygen atoms in total. The van der Waals surface area contributed by atoms with Gasteiger partial charge in [0.05, 0.1) is 11.3 Å². The van der Waals surface area contributed by atoms with Gasteiger partial charge in [-0.25, -0.2) is 0 Å². The Morgan fingerprint density at radius 1 is 1.47 bits per heavy atom. The molecule has 0 bridgehead atoms. The van der Waals surface area contributed by atoms with Gasteiger partial charge in [-0.3, -0.25) is 4.79 Å². The average Bonchev–Trinajstić information content (AvgIpc) is 2.19. The lowest BCUT2D eigenvalue weighted by atomic mass is 10.1. The summed E-state index contributed by atoms with van der Waals surface area (Å²) < 4.78 is 42.4. The lowest BCUT2D eigenvalue weighted by Gasteiger charge is -2.14. The first-order valence-corrected chi connectivity index (χ1v) is 4.60. The van der Waals surface area contributed by atoms with Crippen molar-refractivity contribution in [2.75, 3.05) is 24.8 Å². The molecule has 0 fully saturated rings. The van der Waals surface area contributed by atoms with Gasteiger partial charge >= 0.3 is 6.18 Å². The largest absolute Gasteiger partial charge is 0.418 e. The highest BCUT2D eigenvalue weighted by molar-refractivity contribution is 5.92. The second kappa shape index (κ2) is 5.05. The molecule has 0 spiro atoms. The summed E-state index contributed by atoms with van der Waals surface area (Å²) in [5.74, 6) is -0.664. The van der Waals surface area contributed by atoms with E-state index in [1.54, 1.807) is 0 Å². The molecule has 0 saturated carbocycles. The van der Waals surface area contributed by atoms with Gasteiger partial charge in [-0.1, -0.05) is 0 Å². The van der Waals surface area contributed by atoms with Crippen LogP contribution in [-0.2, 0) is 15.7 Å². The highest BCUT2D eigenvalue weighted by Gasteiger charge is 2.34. The Kier molecular flexibility index (Phi) is 3.95. The van der Waals surface area contributed by atoms with E-state index < -0.39 is 17.6 Å². The number of nitrogens with two attached hydrogens (primary N) is 1. The van der Waals surface area contributed by atoms with Gasteiger partial charge in [0.15, 0.2) is 0 Å². The molecule has 0 heterocycles. The molecule has 3 N–H and O–H groups in total. The second-order valence-corrected chi connectivity index (χ2v) is 3.28. The molecule has 0 saturated heterocycles. The van der Waals surface area contributed by atoms with Crippen molar-refractivity contribution in [3.05, 3.63) is 23.8 Å². The Morgan fingerprint density at radius 2 is 2.12 bits per heavy atom. The minimum absolute atomic E-state index is 0.0259. The molecule has 7 heteroatoms. The Balaban J connectivity index is 3.03. The molecule has 0 aliphatic heterocycles. The van der Waals surface area contributed by atoms with E-state index in [1.165, 1.54) is 13.2 Å². The van der Waals surface area contributed by atoms with Gasteiger partial charge in [0, 0.05) is 12.8 Å². The van der Waals surface area contributed by atoms with Crippen LogP contribution < -0.4 is 11.1 Å².